The second-order valence-corrected chi connectivity index (χ2v) is 13.4. The first-order valence-electron chi connectivity index (χ1n) is 12.4. The Morgan fingerprint density at radius 2 is 1.72 bits per heavy atom. The average molecular weight is 518 g/mol. The Morgan fingerprint density at radius 1 is 1.17 bits per heavy atom. The van der Waals surface area contributed by atoms with Crippen molar-refractivity contribution >= 4 is 29.5 Å². The Bertz CT molecular complexity index is 984. The summed E-state index contributed by atoms with van der Waals surface area (Å²) in [6.07, 6.45) is 1.61. The van der Waals surface area contributed by atoms with Crippen LogP contribution in [0.15, 0.2) is 42.0 Å². The molecule has 2 N–H and O–H groups in total. The van der Waals surface area contributed by atoms with E-state index in [9.17, 15) is 19.5 Å². The molecule has 1 aliphatic heterocycles. The quantitative estimate of drug-likeness (QED) is 0.492. The molecule has 8 heteroatoms. The minimum Gasteiger partial charge on any atom is -0.478 e. The van der Waals surface area contributed by atoms with E-state index in [1.54, 1.807) is 29.8 Å². The molecular formula is C28H43N3O4S. The fourth-order valence-corrected chi connectivity index (χ4v) is 6.34. The van der Waals surface area contributed by atoms with Gasteiger partial charge in [0.25, 0.3) is 0 Å². The van der Waals surface area contributed by atoms with Gasteiger partial charge in [0.2, 0.25) is 11.8 Å². The first kappa shape index (κ1) is 29.9. The van der Waals surface area contributed by atoms with Gasteiger partial charge in [-0.05, 0) is 44.7 Å². The van der Waals surface area contributed by atoms with E-state index in [1.165, 1.54) is 6.92 Å². The van der Waals surface area contributed by atoms with Gasteiger partial charge in [-0.3, -0.25) is 14.5 Å². The fourth-order valence-electron chi connectivity index (χ4n) is 4.78. The first-order valence-corrected chi connectivity index (χ1v) is 13.3. The third kappa shape index (κ3) is 6.71. The molecule has 1 aliphatic rings. The minimum absolute atomic E-state index is 0.00695. The Labute approximate surface area is 220 Å². The first-order chi connectivity index (χ1) is 16.5. The molecule has 1 heterocycles. The maximum Gasteiger partial charge on any atom is 0.331 e. The minimum atomic E-state index is -1.01. The lowest BCUT2D eigenvalue weighted by atomic mass is 9.84. The lowest BCUT2D eigenvalue weighted by Gasteiger charge is -2.39. The summed E-state index contributed by atoms with van der Waals surface area (Å²) in [6, 6.07) is 8.48. The standard InChI is InChI=1S/C28H43N3O4S/c1-17(2)20(16-18(3)26(34)35)30(9)24(33)21(27(4,5)6)29-23(32)22-28(7,8)36-25(31(22)10)19-14-12-11-13-15-19/h11-17,20-22,25H,1-10H3,(H,29,32)(H,34,35)/b18-16+/t20-,21-,22-,25+/m1/s1. The van der Waals surface area contributed by atoms with Gasteiger partial charge in [-0.1, -0.05) is 71.0 Å². The van der Waals surface area contributed by atoms with E-state index < -0.39 is 29.5 Å². The van der Waals surface area contributed by atoms with Crippen molar-refractivity contribution in [1.29, 1.82) is 0 Å². The van der Waals surface area contributed by atoms with Gasteiger partial charge in [-0.25, -0.2) is 4.79 Å². The molecule has 1 fully saturated rings. The number of nitrogens with zero attached hydrogens (tertiary/aromatic N) is 2. The van der Waals surface area contributed by atoms with E-state index >= 15 is 0 Å². The van der Waals surface area contributed by atoms with Crippen molar-refractivity contribution in [2.45, 2.75) is 83.6 Å². The van der Waals surface area contributed by atoms with Crippen molar-refractivity contribution < 1.29 is 19.5 Å². The van der Waals surface area contributed by atoms with E-state index in [-0.39, 0.29) is 33.4 Å². The number of benzene rings is 1. The molecule has 2 amide bonds. The zero-order valence-electron chi connectivity index (χ0n) is 23.3. The molecule has 0 radical (unpaired) electrons. The largest absolute Gasteiger partial charge is 0.478 e. The summed E-state index contributed by atoms with van der Waals surface area (Å²) in [5.74, 6) is -1.45. The van der Waals surface area contributed by atoms with Gasteiger partial charge in [0.1, 0.15) is 12.1 Å². The number of hydrogen-bond acceptors (Lipinski definition) is 5. The van der Waals surface area contributed by atoms with Crippen molar-refractivity contribution in [3.8, 4) is 0 Å². The molecule has 4 atom stereocenters. The third-order valence-electron chi connectivity index (χ3n) is 6.82. The smallest absolute Gasteiger partial charge is 0.331 e. The zero-order valence-corrected chi connectivity index (χ0v) is 24.1. The number of carboxylic acid groups (broad SMARTS) is 1. The van der Waals surface area contributed by atoms with Gasteiger partial charge in [0.05, 0.1) is 11.4 Å². The van der Waals surface area contributed by atoms with Crippen LogP contribution in [-0.4, -0.2) is 69.7 Å². The maximum absolute atomic E-state index is 13.8. The van der Waals surface area contributed by atoms with Crippen LogP contribution < -0.4 is 5.32 Å². The van der Waals surface area contributed by atoms with Crippen molar-refractivity contribution in [3.63, 3.8) is 0 Å². The number of carbonyl (C=O) groups excluding carboxylic acids is 2. The highest BCUT2D eigenvalue weighted by molar-refractivity contribution is 8.01. The number of carboxylic acids is 1. The van der Waals surface area contributed by atoms with Gasteiger partial charge in [-0.2, -0.15) is 0 Å². The Balaban J connectivity index is 2.34. The number of nitrogens with one attached hydrogen (secondary N) is 1. The molecule has 0 unspecified atom stereocenters. The summed E-state index contributed by atoms with van der Waals surface area (Å²) in [5, 5.41) is 12.5. The molecule has 0 bridgehead atoms. The monoisotopic (exact) mass is 517 g/mol. The van der Waals surface area contributed by atoms with Crippen LogP contribution in [0.5, 0.6) is 0 Å². The Morgan fingerprint density at radius 3 is 2.19 bits per heavy atom. The fraction of sp³-hybridized carbons (Fsp3) is 0.607. The molecule has 0 spiro atoms. The van der Waals surface area contributed by atoms with Crippen molar-refractivity contribution in [2.24, 2.45) is 11.3 Å². The number of amides is 2. The molecule has 0 aliphatic carbocycles. The van der Waals surface area contributed by atoms with Crippen LogP contribution in [0.4, 0.5) is 0 Å². The van der Waals surface area contributed by atoms with Crippen molar-refractivity contribution in [2.75, 3.05) is 14.1 Å². The molecule has 0 saturated carbocycles. The van der Waals surface area contributed by atoms with E-state index in [4.69, 9.17) is 0 Å². The summed E-state index contributed by atoms with van der Waals surface area (Å²) in [4.78, 5) is 42.6. The number of hydrogen-bond donors (Lipinski definition) is 2. The van der Waals surface area contributed by atoms with Gasteiger partial charge in [0, 0.05) is 17.4 Å². The zero-order chi connectivity index (χ0) is 27.6. The van der Waals surface area contributed by atoms with Crippen LogP contribution in [0, 0.1) is 11.3 Å². The van der Waals surface area contributed by atoms with Gasteiger partial charge >= 0.3 is 5.97 Å². The summed E-state index contributed by atoms with van der Waals surface area (Å²) >= 11 is 1.74. The third-order valence-corrected chi connectivity index (χ3v) is 8.48. The van der Waals surface area contributed by atoms with E-state index in [0.29, 0.717) is 0 Å². The summed E-state index contributed by atoms with van der Waals surface area (Å²) < 4.78 is -0.376. The molecule has 7 nitrogen and oxygen atoms in total. The molecule has 1 aromatic carbocycles. The number of thioether (sulfide) groups is 1. The second kappa shape index (κ2) is 11.4. The highest BCUT2D eigenvalue weighted by atomic mass is 32.2. The van der Waals surface area contributed by atoms with Crippen LogP contribution in [0.25, 0.3) is 0 Å². The number of aliphatic carboxylic acids is 1. The van der Waals surface area contributed by atoms with Gasteiger partial charge in [-0.15, -0.1) is 11.8 Å². The van der Waals surface area contributed by atoms with Crippen LogP contribution in [0.3, 0.4) is 0 Å². The number of likely N-dealkylation sites (N-methyl/N-ethyl adjacent to an activating group) is 2. The summed E-state index contributed by atoms with van der Waals surface area (Å²) in [7, 11) is 3.63. The van der Waals surface area contributed by atoms with Crippen LogP contribution in [0.2, 0.25) is 0 Å². The Kier molecular flexibility index (Phi) is 9.46. The van der Waals surface area contributed by atoms with Crippen LogP contribution in [0.1, 0.15) is 66.3 Å². The number of rotatable bonds is 8. The normalized spacial score (nSPS) is 22.2. The lowest BCUT2D eigenvalue weighted by Crippen LogP contribution is -2.60. The van der Waals surface area contributed by atoms with Crippen LogP contribution in [-0.2, 0) is 14.4 Å². The molecule has 1 saturated heterocycles. The molecule has 0 aromatic heterocycles. The average Bonchev–Trinajstić information content (AvgIpc) is 3.02. The van der Waals surface area contributed by atoms with Crippen LogP contribution >= 0.6 is 11.8 Å². The van der Waals surface area contributed by atoms with Gasteiger partial charge < -0.3 is 15.3 Å². The lowest BCUT2D eigenvalue weighted by molar-refractivity contribution is -0.141. The van der Waals surface area contributed by atoms with Gasteiger partial charge in [0.15, 0.2) is 0 Å². The molecular weight excluding hydrogens is 474 g/mol. The van der Waals surface area contributed by atoms with E-state index in [0.717, 1.165) is 5.56 Å². The second-order valence-electron chi connectivity index (χ2n) is 11.7. The highest BCUT2D eigenvalue weighted by Crippen LogP contribution is 2.51. The predicted octanol–water partition coefficient (Wildman–Crippen LogP) is 4.56. The number of carbonyl (C=O) groups is 3. The molecule has 2 rings (SSSR count). The predicted molar refractivity (Wildman–Crippen MR) is 147 cm³/mol. The van der Waals surface area contributed by atoms with Crippen molar-refractivity contribution in [3.05, 3.63) is 47.5 Å². The Hall–Kier alpha value is -2.32. The molecule has 200 valence electrons. The van der Waals surface area contributed by atoms with E-state index in [1.807, 2.05) is 59.9 Å². The molecule has 1 aromatic rings. The highest BCUT2D eigenvalue weighted by Gasteiger charge is 2.51. The SMILES string of the molecule is C/C(=C\[C@H](C(C)C)N(C)C(=O)[C@@H](NC(=O)[C@H]1N(C)[C@H](c2ccccc2)SC1(C)C)C(C)(C)C)C(=O)O. The molecule has 36 heavy (non-hydrogen) atoms. The van der Waals surface area contributed by atoms with E-state index in [2.05, 4.69) is 36.2 Å². The summed E-state index contributed by atoms with van der Waals surface area (Å²) in [6.45, 7) is 15.3. The van der Waals surface area contributed by atoms with Crippen molar-refractivity contribution in [1.82, 2.24) is 15.1 Å². The summed E-state index contributed by atoms with van der Waals surface area (Å²) in [5.41, 5.74) is 0.765. The topological polar surface area (TPSA) is 90.0 Å². The maximum atomic E-state index is 13.8.